The summed E-state index contributed by atoms with van der Waals surface area (Å²) in [6.07, 6.45) is 2.65. The third-order valence-electron chi connectivity index (χ3n) is 3.84. The zero-order chi connectivity index (χ0) is 17.6. The van der Waals surface area contributed by atoms with E-state index < -0.39 is 5.82 Å². The van der Waals surface area contributed by atoms with Crippen LogP contribution in [0.15, 0.2) is 48.7 Å². The number of ether oxygens (including phenoxy) is 1. The van der Waals surface area contributed by atoms with Crippen LogP contribution in [0, 0.1) is 5.82 Å². The molecule has 0 aliphatic heterocycles. The summed E-state index contributed by atoms with van der Waals surface area (Å²) in [6.45, 7) is 2.65. The number of halogens is 1. The van der Waals surface area contributed by atoms with Crippen LogP contribution in [0.25, 0.3) is 10.9 Å². The second-order valence-electron chi connectivity index (χ2n) is 5.57. The third kappa shape index (κ3) is 4.09. The molecule has 0 fully saturated rings. The van der Waals surface area contributed by atoms with Gasteiger partial charge in [0, 0.05) is 35.4 Å². The minimum Gasteiger partial charge on any atom is -0.491 e. The highest BCUT2D eigenvalue weighted by Gasteiger charge is 2.08. The van der Waals surface area contributed by atoms with Gasteiger partial charge >= 0.3 is 6.03 Å². The van der Waals surface area contributed by atoms with Crippen LogP contribution in [-0.4, -0.2) is 24.2 Å². The van der Waals surface area contributed by atoms with Gasteiger partial charge in [-0.2, -0.15) is 0 Å². The zero-order valence-electron chi connectivity index (χ0n) is 13.9. The Labute approximate surface area is 145 Å². The summed E-state index contributed by atoms with van der Waals surface area (Å²) in [7, 11) is 0. The minimum atomic E-state index is -0.501. The highest BCUT2D eigenvalue weighted by Crippen LogP contribution is 2.21. The lowest BCUT2D eigenvalue weighted by Gasteiger charge is -2.09. The molecule has 5 nitrogen and oxygen atoms in total. The number of fused-ring (bicyclic) bond motifs is 1. The molecule has 3 aromatic rings. The van der Waals surface area contributed by atoms with E-state index in [4.69, 9.17) is 4.74 Å². The lowest BCUT2D eigenvalue weighted by atomic mass is 10.1. The van der Waals surface area contributed by atoms with Crippen LogP contribution in [0.2, 0.25) is 0 Å². The Bertz CT molecular complexity index is 876. The summed E-state index contributed by atoms with van der Waals surface area (Å²) < 4.78 is 18.9. The second kappa shape index (κ2) is 7.70. The Morgan fingerprint density at radius 2 is 2.08 bits per heavy atom. The Morgan fingerprint density at radius 3 is 2.88 bits per heavy atom. The molecule has 0 aliphatic carbocycles. The number of rotatable bonds is 6. The van der Waals surface area contributed by atoms with Gasteiger partial charge in [-0.25, -0.2) is 9.18 Å². The zero-order valence-corrected chi connectivity index (χ0v) is 13.9. The third-order valence-corrected chi connectivity index (χ3v) is 3.84. The Kier molecular flexibility index (Phi) is 5.18. The SMILES string of the molecule is CCOc1ccc(NC(=O)NCCc2c[nH]c3ccccc23)cc1F. The summed E-state index contributed by atoms with van der Waals surface area (Å²) >= 11 is 0. The normalized spacial score (nSPS) is 10.6. The van der Waals surface area contributed by atoms with E-state index in [-0.39, 0.29) is 11.8 Å². The number of urea groups is 1. The van der Waals surface area contributed by atoms with Crippen LogP contribution in [-0.2, 0) is 6.42 Å². The van der Waals surface area contributed by atoms with Crippen molar-refractivity contribution in [2.75, 3.05) is 18.5 Å². The van der Waals surface area contributed by atoms with Gasteiger partial charge < -0.3 is 20.4 Å². The molecule has 0 atom stereocenters. The molecular weight excluding hydrogens is 321 g/mol. The first-order valence-corrected chi connectivity index (χ1v) is 8.19. The maximum absolute atomic E-state index is 13.8. The van der Waals surface area contributed by atoms with Crippen LogP contribution in [0.4, 0.5) is 14.9 Å². The van der Waals surface area contributed by atoms with Crippen molar-refractivity contribution in [1.82, 2.24) is 10.3 Å². The summed E-state index contributed by atoms with van der Waals surface area (Å²) in [5, 5.41) is 6.54. The highest BCUT2D eigenvalue weighted by atomic mass is 19.1. The van der Waals surface area contributed by atoms with E-state index >= 15 is 0 Å². The lowest BCUT2D eigenvalue weighted by molar-refractivity contribution is 0.252. The van der Waals surface area contributed by atoms with Crippen LogP contribution in [0.3, 0.4) is 0 Å². The average Bonchev–Trinajstić information content (AvgIpc) is 3.01. The molecule has 130 valence electrons. The van der Waals surface area contributed by atoms with Crippen LogP contribution < -0.4 is 15.4 Å². The van der Waals surface area contributed by atoms with Gasteiger partial charge in [-0.1, -0.05) is 18.2 Å². The molecule has 1 heterocycles. The summed E-state index contributed by atoms with van der Waals surface area (Å²) in [5.41, 5.74) is 2.60. The molecule has 0 saturated carbocycles. The molecule has 0 saturated heterocycles. The molecule has 2 amide bonds. The average molecular weight is 341 g/mol. The summed E-state index contributed by atoms with van der Waals surface area (Å²) in [6, 6.07) is 12.0. The van der Waals surface area contributed by atoms with Crippen molar-refractivity contribution in [3.63, 3.8) is 0 Å². The molecule has 0 radical (unpaired) electrons. The Morgan fingerprint density at radius 1 is 1.24 bits per heavy atom. The maximum Gasteiger partial charge on any atom is 0.319 e. The van der Waals surface area contributed by atoms with E-state index in [1.54, 1.807) is 13.0 Å². The molecule has 2 aromatic carbocycles. The minimum absolute atomic E-state index is 0.174. The Balaban J connectivity index is 1.52. The summed E-state index contributed by atoms with van der Waals surface area (Å²) in [5.74, 6) is -0.328. The number of para-hydroxylation sites is 1. The van der Waals surface area contributed by atoms with Gasteiger partial charge in [-0.3, -0.25) is 0 Å². The first-order valence-electron chi connectivity index (χ1n) is 8.19. The number of carbonyl (C=O) groups is 1. The number of aromatic amines is 1. The van der Waals surface area contributed by atoms with Gasteiger partial charge in [0.1, 0.15) is 0 Å². The van der Waals surface area contributed by atoms with Crippen molar-refractivity contribution in [3.8, 4) is 5.75 Å². The topological polar surface area (TPSA) is 66.2 Å². The lowest BCUT2D eigenvalue weighted by Crippen LogP contribution is -2.30. The van der Waals surface area contributed by atoms with E-state index in [0.29, 0.717) is 25.3 Å². The molecule has 0 aliphatic rings. The van der Waals surface area contributed by atoms with Gasteiger partial charge in [0.05, 0.1) is 6.61 Å². The fourth-order valence-corrected chi connectivity index (χ4v) is 2.68. The van der Waals surface area contributed by atoms with Crippen molar-refractivity contribution in [2.45, 2.75) is 13.3 Å². The number of nitrogens with one attached hydrogen (secondary N) is 3. The van der Waals surface area contributed by atoms with Gasteiger partial charge in [0.15, 0.2) is 11.6 Å². The molecule has 6 heteroatoms. The molecule has 0 unspecified atom stereocenters. The van der Waals surface area contributed by atoms with E-state index in [1.807, 2.05) is 30.5 Å². The predicted octanol–water partition coefficient (Wildman–Crippen LogP) is 4.07. The molecule has 0 spiro atoms. The van der Waals surface area contributed by atoms with E-state index in [9.17, 15) is 9.18 Å². The highest BCUT2D eigenvalue weighted by molar-refractivity contribution is 5.89. The van der Waals surface area contributed by atoms with Gasteiger partial charge in [0.25, 0.3) is 0 Å². The largest absolute Gasteiger partial charge is 0.491 e. The van der Waals surface area contributed by atoms with E-state index in [2.05, 4.69) is 15.6 Å². The number of anilines is 1. The first-order chi connectivity index (χ1) is 12.2. The predicted molar refractivity (Wildman–Crippen MR) is 96.6 cm³/mol. The smallest absolute Gasteiger partial charge is 0.319 e. The first kappa shape index (κ1) is 16.8. The number of aromatic nitrogens is 1. The summed E-state index contributed by atoms with van der Waals surface area (Å²) in [4.78, 5) is 15.1. The molecule has 3 N–H and O–H groups in total. The number of carbonyl (C=O) groups excluding carboxylic acids is 1. The van der Waals surface area contributed by atoms with E-state index in [1.165, 1.54) is 12.1 Å². The van der Waals surface area contributed by atoms with Gasteiger partial charge in [-0.05, 0) is 37.1 Å². The second-order valence-corrected chi connectivity index (χ2v) is 5.57. The fraction of sp³-hybridized carbons (Fsp3) is 0.211. The van der Waals surface area contributed by atoms with Crippen molar-refractivity contribution in [1.29, 1.82) is 0 Å². The van der Waals surface area contributed by atoms with Crippen LogP contribution in [0.1, 0.15) is 12.5 Å². The number of hydrogen-bond acceptors (Lipinski definition) is 2. The van der Waals surface area contributed by atoms with Crippen molar-refractivity contribution in [3.05, 3.63) is 60.0 Å². The number of amides is 2. The van der Waals surface area contributed by atoms with Crippen LogP contribution >= 0.6 is 0 Å². The van der Waals surface area contributed by atoms with Crippen LogP contribution in [0.5, 0.6) is 5.75 Å². The fourth-order valence-electron chi connectivity index (χ4n) is 2.68. The van der Waals surface area contributed by atoms with Gasteiger partial charge in [-0.15, -0.1) is 0 Å². The van der Waals surface area contributed by atoms with E-state index in [0.717, 1.165) is 16.5 Å². The van der Waals surface area contributed by atoms with Gasteiger partial charge in [0.2, 0.25) is 0 Å². The van der Waals surface area contributed by atoms with Crippen molar-refractivity contribution < 1.29 is 13.9 Å². The Hall–Kier alpha value is -3.02. The maximum atomic E-state index is 13.8. The number of benzene rings is 2. The molecule has 1 aromatic heterocycles. The molecule has 3 rings (SSSR count). The molecule has 0 bridgehead atoms. The quantitative estimate of drug-likeness (QED) is 0.633. The van der Waals surface area contributed by atoms with Crippen molar-refractivity contribution >= 4 is 22.6 Å². The monoisotopic (exact) mass is 341 g/mol. The standard InChI is InChI=1S/C19H20FN3O2/c1-2-25-18-8-7-14(11-16(18)20)23-19(24)21-10-9-13-12-22-17-6-4-3-5-15(13)17/h3-8,11-12,22H,2,9-10H2,1H3,(H2,21,23,24). The number of hydrogen-bond donors (Lipinski definition) is 3. The van der Waals surface area contributed by atoms with Crippen molar-refractivity contribution in [2.24, 2.45) is 0 Å². The molecular formula is C19H20FN3O2. The number of H-pyrrole nitrogens is 1. The molecule has 25 heavy (non-hydrogen) atoms.